The predicted octanol–water partition coefficient (Wildman–Crippen LogP) is 9.21. The van der Waals surface area contributed by atoms with Gasteiger partial charge in [-0.3, -0.25) is 58.1 Å². The second kappa shape index (κ2) is 26.7. The number of aromatic amines is 5. The number of rotatable bonds is 0. The Hall–Kier alpha value is -5.19. The van der Waals surface area contributed by atoms with E-state index in [2.05, 4.69) is 104 Å². The summed E-state index contributed by atoms with van der Waals surface area (Å²) in [5.41, 5.74) is 2.55. The summed E-state index contributed by atoms with van der Waals surface area (Å²) in [6.07, 6.45) is 5.52. The van der Waals surface area contributed by atoms with Gasteiger partial charge in [0.2, 0.25) is 15.9 Å². The van der Waals surface area contributed by atoms with Crippen LogP contribution in [-0.4, -0.2) is 83.7 Å². The van der Waals surface area contributed by atoms with Crippen molar-refractivity contribution >= 4 is 50.4 Å². The molecule has 3 saturated heterocycles. The zero-order valence-electron chi connectivity index (χ0n) is 48.7. The van der Waals surface area contributed by atoms with Crippen LogP contribution in [0.5, 0.6) is 0 Å². The number of hydrogen-bond acceptors (Lipinski definition) is 12. The van der Waals surface area contributed by atoms with Crippen LogP contribution in [0, 0.1) is 10.8 Å². The van der Waals surface area contributed by atoms with Crippen LogP contribution >= 0.6 is 23.3 Å². The molecule has 3 amide bonds. The van der Waals surface area contributed by atoms with Gasteiger partial charge >= 0.3 is 0 Å². The van der Waals surface area contributed by atoms with E-state index in [4.69, 9.17) is 4.52 Å². The maximum atomic E-state index is 11.3. The molecule has 3 aliphatic rings. The average molecular weight is 1110 g/mol. The largest absolute Gasteiger partial charge is 0.383 e. The van der Waals surface area contributed by atoms with Crippen molar-refractivity contribution in [2.75, 3.05) is 18.8 Å². The Morgan fingerprint density at radius 1 is 0.627 bits per heavy atom. The number of sulfonamides is 1. The Morgan fingerprint density at radius 2 is 1.20 bits per heavy atom. The summed E-state index contributed by atoms with van der Waals surface area (Å²) < 4.78 is 33.6. The first-order valence-corrected chi connectivity index (χ1v) is 28.1. The van der Waals surface area contributed by atoms with Crippen LogP contribution in [-0.2, 0) is 48.3 Å². The van der Waals surface area contributed by atoms with Gasteiger partial charge < -0.3 is 14.9 Å². The Kier molecular flexibility index (Phi) is 24.2. The van der Waals surface area contributed by atoms with Gasteiger partial charge in [0.25, 0.3) is 33.4 Å². The van der Waals surface area contributed by atoms with E-state index in [1.54, 1.807) is 33.3 Å². The average Bonchev–Trinajstić information content (AvgIpc) is 4.08. The minimum absolute atomic E-state index is 0.00919. The van der Waals surface area contributed by atoms with Crippen molar-refractivity contribution in [3.63, 3.8) is 0 Å². The minimum Gasteiger partial charge on any atom is -0.383 e. The molecule has 0 saturated carbocycles. The third kappa shape index (κ3) is 25.9. The lowest BCUT2D eigenvalue weighted by atomic mass is 9.92. The van der Waals surface area contributed by atoms with Crippen LogP contribution in [0.2, 0.25) is 0 Å². The van der Waals surface area contributed by atoms with E-state index >= 15 is 0 Å². The van der Waals surface area contributed by atoms with Crippen molar-refractivity contribution in [2.45, 2.75) is 185 Å². The molecule has 0 spiro atoms. The molecule has 0 aliphatic carbocycles. The number of carbonyl (C=O) groups excluding carboxylic acids is 3. The number of allylic oxidation sites excluding steroid dienone is 2. The van der Waals surface area contributed by atoms with E-state index < -0.39 is 10.0 Å². The number of aromatic nitrogens is 6. The Bertz CT molecular complexity index is 2770. The van der Waals surface area contributed by atoms with E-state index in [0.29, 0.717) is 23.0 Å². The van der Waals surface area contributed by atoms with Crippen LogP contribution in [0.4, 0.5) is 4.79 Å². The first kappa shape index (κ1) is 67.8. The number of thioether (sulfide) groups is 1. The molecular formula is C53H89N9O10S3. The third-order valence-electron chi connectivity index (χ3n) is 10.2. The van der Waals surface area contributed by atoms with Gasteiger partial charge in [-0.15, -0.1) is 0 Å². The molecule has 3 fully saturated rings. The molecule has 7 N–H and O–H groups in total. The summed E-state index contributed by atoms with van der Waals surface area (Å²) in [7, 11) is -1.06. The maximum Gasteiger partial charge on any atom is 0.290 e. The highest BCUT2D eigenvalue weighted by atomic mass is 32.2. The van der Waals surface area contributed by atoms with Crippen molar-refractivity contribution in [3.05, 3.63) is 110 Å². The highest BCUT2D eigenvalue weighted by Crippen LogP contribution is 2.29. The Morgan fingerprint density at radius 3 is 1.44 bits per heavy atom. The number of H-pyrrole nitrogens is 5. The monoisotopic (exact) mass is 1110 g/mol. The van der Waals surface area contributed by atoms with Crippen molar-refractivity contribution < 1.29 is 27.3 Å². The van der Waals surface area contributed by atoms with Gasteiger partial charge in [-0.2, -0.15) is 9.46 Å². The van der Waals surface area contributed by atoms with Crippen molar-refractivity contribution in [2.24, 2.45) is 17.9 Å². The zero-order chi connectivity index (χ0) is 58.5. The fourth-order valence-corrected chi connectivity index (χ4v) is 10.2. The van der Waals surface area contributed by atoms with Gasteiger partial charge in [0.1, 0.15) is 5.76 Å². The van der Waals surface area contributed by atoms with Gasteiger partial charge in [0, 0.05) is 88.0 Å². The molecule has 7 heterocycles. The molecule has 0 unspecified atom stereocenters. The van der Waals surface area contributed by atoms with Gasteiger partial charge in [-0.1, -0.05) is 148 Å². The molecule has 0 bridgehead atoms. The number of aryl methyl sites for hydroxylation is 1. The molecule has 0 aromatic carbocycles. The first-order chi connectivity index (χ1) is 33.6. The number of nitrogens with one attached hydrogen (secondary N) is 7. The molecule has 7 rings (SSSR count). The van der Waals surface area contributed by atoms with Gasteiger partial charge in [0.15, 0.2) is 0 Å². The molecule has 22 heteroatoms. The van der Waals surface area contributed by atoms with E-state index in [0.717, 1.165) is 53.0 Å². The summed E-state index contributed by atoms with van der Waals surface area (Å²) >= 11 is 2.38. The quantitative estimate of drug-likeness (QED) is 0.0815. The summed E-state index contributed by atoms with van der Waals surface area (Å²) in [5, 5.41) is 14.9. The SMILES string of the molecule is CC(C)(C)/C=C1/CCNC1=O.CC(C)(C)/C=C1/SC(=O)NC1=O.CC(C)(C)N1CCCS1(=O)=O.CC(C)(C)c1cc(=O)[nH][nH]1.CC(C)(C)c1cc(=O)[nH]o1.CC(C)(C)c1cc(=O)[nH]s1.Cn1[nH]c(=O)cc1C(C)(C)C. The second-order valence-corrected chi connectivity index (χ2v) is 29.4. The molecule has 75 heavy (non-hydrogen) atoms. The van der Waals surface area contributed by atoms with E-state index in [1.165, 1.54) is 17.6 Å². The number of hydrogen-bond donors (Lipinski definition) is 7. The van der Waals surface area contributed by atoms with Crippen molar-refractivity contribution in [3.8, 4) is 0 Å². The first-order valence-electron chi connectivity index (χ1n) is 24.8. The maximum absolute atomic E-state index is 11.3. The smallest absolute Gasteiger partial charge is 0.290 e. The van der Waals surface area contributed by atoms with Crippen LogP contribution < -0.4 is 32.9 Å². The lowest BCUT2D eigenvalue weighted by Gasteiger charge is -2.29. The topological polar surface area (TPSA) is 278 Å². The van der Waals surface area contributed by atoms with Crippen molar-refractivity contribution in [1.82, 2.24) is 44.4 Å². The van der Waals surface area contributed by atoms with Gasteiger partial charge in [-0.05, 0) is 61.6 Å². The lowest BCUT2D eigenvalue weighted by molar-refractivity contribution is -0.116. The van der Waals surface area contributed by atoms with Crippen LogP contribution in [0.1, 0.15) is 180 Å². The molecule has 3 aliphatic heterocycles. The molecule has 4 aromatic heterocycles. The van der Waals surface area contributed by atoms with Crippen LogP contribution in [0.25, 0.3) is 0 Å². The lowest BCUT2D eigenvalue weighted by Crippen LogP contribution is -2.42. The molecule has 19 nitrogen and oxygen atoms in total. The number of carbonyl (C=O) groups is 3. The highest BCUT2D eigenvalue weighted by Gasteiger charge is 2.36. The highest BCUT2D eigenvalue weighted by molar-refractivity contribution is 8.18. The van der Waals surface area contributed by atoms with Gasteiger partial charge in [0.05, 0.1) is 10.7 Å². The summed E-state index contributed by atoms with van der Waals surface area (Å²) in [6.45, 7) is 44.1. The second-order valence-electron chi connectivity index (χ2n) is 25.6. The van der Waals surface area contributed by atoms with E-state index in [9.17, 15) is 42.0 Å². The van der Waals surface area contributed by atoms with Crippen LogP contribution in [0.3, 0.4) is 0 Å². The number of imide groups is 1. The number of nitrogens with zero attached hydrogens (tertiary/aromatic N) is 2. The zero-order valence-corrected chi connectivity index (χ0v) is 51.2. The third-order valence-corrected chi connectivity index (χ3v) is 14.5. The fraction of sp³-hybridized carbons (Fsp3) is 0.642. The summed E-state index contributed by atoms with van der Waals surface area (Å²) in [6, 6.07) is 6.35. The molecule has 0 radical (unpaired) electrons. The Labute approximate surface area is 452 Å². The summed E-state index contributed by atoms with van der Waals surface area (Å²) in [4.78, 5) is 77.3. The molecule has 4 aromatic rings. The predicted molar refractivity (Wildman–Crippen MR) is 305 cm³/mol. The normalized spacial score (nSPS) is 17.1. The molecule has 0 atom stereocenters. The van der Waals surface area contributed by atoms with E-state index in [-0.39, 0.29) is 77.3 Å². The fourth-order valence-electron chi connectivity index (χ4n) is 6.65. The number of amides is 3. The summed E-state index contributed by atoms with van der Waals surface area (Å²) in [5.74, 6) is 0.849. The standard InChI is InChI=1S/C9H15NO.C8H14N2O.C8H11NO2S.C7H12N2O.C7H15NO2S.C7H11NO2.C7H11NOS/c1-9(2,3)6-7-4-5-10-8(7)11;1-8(2,3)6-5-7(11)9-10(6)4;1-8(2,3)4-5-6(10)9-7(11)12-5;1-7(2,3)5-4-6(10)9-8-5;1-7(2,3)8-5-4-6-11(8,9)10;2*1-7(2,3)5-4-6(9)8-10-5/h6H,4-5H2,1-3H3,(H,10,11);5H,1-4H3,(H,9,11);4H,1-3H3,(H,9,10,11);4H,1-3H3,(H2,8,9,10);4-6H2,1-3H3;2*4H,1-3H3,(H,8,9)/b7-6-;;5-4+;;;;. The van der Waals surface area contributed by atoms with E-state index in [1.807, 2.05) is 90.1 Å². The molecule has 424 valence electrons. The van der Waals surface area contributed by atoms with Crippen molar-refractivity contribution in [1.29, 1.82) is 0 Å². The van der Waals surface area contributed by atoms with Crippen LogP contribution in [0.15, 0.2) is 70.6 Å². The van der Waals surface area contributed by atoms with Gasteiger partial charge in [-0.25, -0.2) is 8.42 Å². The Balaban J connectivity index is 0.000000438. The minimum atomic E-state index is -2.91. The molecular weight excluding hydrogens is 1020 g/mol.